The van der Waals surface area contributed by atoms with Crippen LogP contribution in [0.5, 0.6) is 11.5 Å². The van der Waals surface area contributed by atoms with Gasteiger partial charge in [-0.2, -0.15) is 0 Å². The zero-order valence-electron chi connectivity index (χ0n) is 17.2. The first-order valence-corrected chi connectivity index (χ1v) is 10.2. The Morgan fingerprint density at radius 3 is 2.03 bits per heavy atom. The molecule has 2 aliphatic heterocycles. The van der Waals surface area contributed by atoms with Crippen LogP contribution >= 0.6 is 12.4 Å². The Hall–Kier alpha value is -2.41. The van der Waals surface area contributed by atoms with Gasteiger partial charge in [0.15, 0.2) is 5.78 Å². The summed E-state index contributed by atoms with van der Waals surface area (Å²) in [4.78, 5) is 28.7. The van der Waals surface area contributed by atoms with Crippen LogP contribution in [0.1, 0.15) is 34.1 Å². The predicted octanol–water partition coefficient (Wildman–Crippen LogP) is 3.22. The lowest BCUT2D eigenvalue weighted by molar-refractivity contribution is 0.0773. The minimum absolute atomic E-state index is 0. The highest BCUT2D eigenvalue weighted by Crippen LogP contribution is 2.24. The van der Waals surface area contributed by atoms with Crippen LogP contribution in [0.15, 0.2) is 48.5 Å². The number of amides is 1. The lowest BCUT2D eigenvalue weighted by Crippen LogP contribution is -2.49. The lowest BCUT2D eigenvalue weighted by atomic mass is 10.1. The number of ether oxygens (including phenoxy) is 1. The Bertz CT molecular complexity index is 864. The number of nitrogens with one attached hydrogen (secondary N) is 1. The topological polar surface area (TPSA) is 61.9 Å². The van der Waals surface area contributed by atoms with E-state index < -0.39 is 0 Å². The summed E-state index contributed by atoms with van der Waals surface area (Å²) in [5, 5.41) is 3.38. The molecule has 0 spiro atoms. The molecule has 0 aliphatic carbocycles. The van der Waals surface area contributed by atoms with Crippen LogP contribution in [0.4, 0.5) is 0 Å². The fourth-order valence-electron chi connectivity index (χ4n) is 4.01. The molecule has 30 heavy (non-hydrogen) atoms. The number of rotatable bonds is 5. The van der Waals surface area contributed by atoms with Crippen LogP contribution in [-0.2, 0) is 0 Å². The maximum atomic E-state index is 12.9. The largest absolute Gasteiger partial charge is 0.457 e. The van der Waals surface area contributed by atoms with Crippen molar-refractivity contribution in [3.63, 3.8) is 0 Å². The maximum Gasteiger partial charge on any atom is 0.253 e. The molecule has 2 aromatic rings. The van der Waals surface area contributed by atoms with Crippen LogP contribution in [0.25, 0.3) is 0 Å². The molecular weight excluding hydrogens is 402 g/mol. The van der Waals surface area contributed by atoms with E-state index in [0.29, 0.717) is 28.7 Å². The van der Waals surface area contributed by atoms with Gasteiger partial charge in [-0.1, -0.05) is 0 Å². The van der Waals surface area contributed by atoms with Crippen LogP contribution in [0.2, 0.25) is 0 Å². The van der Waals surface area contributed by atoms with E-state index in [2.05, 4.69) is 10.2 Å². The van der Waals surface area contributed by atoms with E-state index in [4.69, 9.17) is 4.74 Å². The first-order chi connectivity index (χ1) is 14.1. The summed E-state index contributed by atoms with van der Waals surface area (Å²) in [7, 11) is 0. The van der Waals surface area contributed by atoms with E-state index in [1.807, 2.05) is 29.2 Å². The summed E-state index contributed by atoms with van der Waals surface area (Å²) in [6.07, 6.45) is 1.04. The van der Waals surface area contributed by atoms with Crippen molar-refractivity contribution in [2.45, 2.75) is 19.4 Å². The van der Waals surface area contributed by atoms with Crippen LogP contribution in [-0.4, -0.2) is 66.8 Å². The van der Waals surface area contributed by atoms with Crippen LogP contribution in [0.3, 0.4) is 0 Å². The van der Waals surface area contributed by atoms with Crippen molar-refractivity contribution in [1.82, 2.24) is 15.1 Å². The molecule has 6 nitrogen and oxygen atoms in total. The molecule has 2 heterocycles. The van der Waals surface area contributed by atoms with E-state index >= 15 is 0 Å². The normalized spacial score (nSPS) is 19.2. The molecule has 1 unspecified atom stereocenters. The van der Waals surface area contributed by atoms with E-state index in [1.165, 1.54) is 6.92 Å². The number of hydrogen-bond donors (Lipinski definition) is 1. The smallest absolute Gasteiger partial charge is 0.253 e. The standard InChI is InChI=1S/C23H27N3O3.ClH/c1-17(27)18-2-6-21(7-3-18)29-22-8-4-19(5-9-22)23(28)26-13-10-20(16-26)25-14-11-24-12-15-25;/h2-9,20,24H,10-16H2,1H3;1H. The summed E-state index contributed by atoms with van der Waals surface area (Å²) in [6.45, 7) is 7.34. The van der Waals surface area contributed by atoms with Gasteiger partial charge in [0.1, 0.15) is 11.5 Å². The average Bonchev–Trinajstić information content (AvgIpc) is 3.25. The third-order valence-corrected chi connectivity index (χ3v) is 5.72. The second kappa shape index (κ2) is 10.1. The fourth-order valence-corrected chi connectivity index (χ4v) is 4.01. The van der Waals surface area contributed by atoms with Gasteiger partial charge in [0.25, 0.3) is 5.91 Å². The number of likely N-dealkylation sites (tertiary alicyclic amines) is 1. The van der Waals surface area contributed by atoms with Crippen molar-refractivity contribution in [2.75, 3.05) is 39.3 Å². The summed E-state index contributed by atoms with van der Waals surface area (Å²) < 4.78 is 5.82. The monoisotopic (exact) mass is 429 g/mol. The molecule has 0 bridgehead atoms. The zero-order valence-corrected chi connectivity index (χ0v) is 18.0. The number of carbonyl (C=O) groups is 2. The highest BCUT2D eigenvalue weighted by Gasteiger charge is 2.31. The molecule has 7 heteroatoms. The Morgan fingerprint density at radius 2 is 1.47 bits per heavy atom. The van der Waals surface area contributed by atoms with E-state index in [1.54, 1.807) is 24.3 Å². The Kier molecular flexibility index (Phi) is 7.48. The molecule has 0 aromatic heterocycles. The third kappa shape index (κ3) is 5.19. The van der Waals surface area contributed by atoms with Crippen molar-refractivity contribution in [2.24, 2.45) is 0 Å². The lowest BCUT2D eigenvalue weighted by Gasteiger charge is -2.32. The molecule has 1 atom stereocenters. The molecule has 2 aliphatic rings. The molecule has 0 saturated carbocycles. The van der Waals surface area contributed by atoms with Gasteiger partial charge < -0.3 is 15.0 Å². The van der Waals surface area contributed by atoms with Crippen molar-refractivity contribution in [3.8, 4) is 11.5 Å². The number of ketones is 1. The van der Waals surface area contributed by atoms with Crippen molar-refractivity contribution in [3.05, 3.63) is 59.7 Å². The SMILES string of the molecule is CC(=O)c1ccc(Oc2ccc(C(=O)N3CCC(N4CCNCC4)C3)cc2)cc1.Cl. The first-order valence-electron chi connectivity index (χ1n) is 10.2. The number of piperazine rings is 1. The van der Waals surface area contributed by atoms with Gasteiger partial charge in [-0.3, -0.25) is 14.5 Å². The molecule has 1 N–H and O–H groups in total. The highest BCUT2D eigenvalue weighted by molar-refractivity contribution is 5.95. The van der Waals surface area contributed by atoms with Gasteiger partial charge in [-0.25, -0.2) is 0 Å². The quantitative estimate of drug-likeness (QED) is 0.739. The highest BCUT2D eigenvalue weighted by atomic mass is 35.5. The summed E-state index contributed by atoms with van der Waals surface area (Å²) >= 11 is 0. The minimum Gasteiger partial charge on any atom is -0.457 e. The Morgan fingerprint density at radius 1 is 0.900 bits per heavy atom. The van der Waals surface area contributed by atoms with Gasteiger partial charge in [-0.05, 0) is 61.9 Å². The summed E-state index contributed by atoms with van der Waals surface area (Å²) in [6, 6.07) is 14.8. The number of benzene rings is 2. The molecule has 2 aromatic carbocycles. The van der Waals surface area contributed by atoms with E-state index in [0.717, 1.165) is 45.7 Å². The second-order valence-corrected chi connectivity index (χ2v) is 7.69. The van der Waals surface area contributed by atoms with E-state index in [-0.39, 0.29) is 24.1 Å². The third-order valence-electron chi connectivity index (χ3n) is 5.72. The molecule has 2 fully saturated rings. The van der Waals surface area contributed by atoms with Crippen LogP contribution < -0.4 is 10.1 Å². The number of nitrogens with zero attached hydrogens (tertiary/aromatic N) is 2. The van der Waals surface area contributed by atoms with Crippen molar-refractivity contribution >= 4 is 24.1 Å². The second-order valence-electron chi connectivity index (χ2n) is 7.69. The fraction of sp³-hybridized carbons (Fsp3) is 0.391. The molecule has 0 radical (unpaired) electrons. The number of carbonyl (C=O) groups excluding carboxylic acids is 2. The van der Waals surface area contributed by atoms with Crippen LogP contribution in [0, 0.1) is 0 Å². The first kappa shape index (κ1) is 22.3. The summed E-state index contributed by atoms with van der Waals surface area (Å²) in [5.41, 5.74) is 1.34. The molecule has 160 valence electrons. The maximum absolute atomic E-state index is 12.9. The van der Waals surface area contributed by atoms with Gasteiger partial charge in [0.05, 0.1) is 0 Å². The molecule has 2 saturated heterocycles. The van der Waals surface area contributed by atoms with Gasteiger partial charge in [-0.15, -0.1) is 12.4 Å². The Labute approximate surface area is 183 Å². The number of Topliss-reactive ketones (excluding diaryl/α,β-unsaturated/α-hetero) is 1. The van der Waals surface area contributed by atoms with Gasteiger partial charge in [0.2, 0.25) is 0 Å². The van der Waals surface area contributed by atoms with Gasteiger partial charge in [0, 0.05) is 56.4 Å². The van der Waals surface area contributed by atoms with Crippen molar-refractivity contribution in [1.29, 1.82) is 0 Å². The molecule has 1 amide bonds. The predicted molar refractivity (Wildman–Crippen MR) is 119 cm³/mol. The Balaban J connectivity index is 0.00000256. The number of hydrogen-bond acceptors (Lipinski definition) is 5. The van der Waals surface area contributed by atoms with E-state index in [9.17, 15) is 9.59 Å². The number of halogens is 1. The van der Waals surface area contributed by atoms with Gasteiger partial charge >= 0.3 is 0 Å². The summed E-state index contributed by atoms with van der Waals surface area (Å²) in [5.74, 6) is 1.44. The zero-order chi connectivity index (χ0) is 20.2. The average molecular weight is 430 g/mol. The molecule has 4 rings (SSSR count). The van der Waals surface area contributed by atoms with Crippen molar-refractivity contribution < 1.29 is 14.3 Å². The minimum atomic E-state index is 0. The molecular formula is C23H28ClN3O3.